The predicted molar refractivity (Wildman–Crippen MR) is 98.4 cm³/mol. The number of benzene rings is 1. The van der Waals surface area contributed by atoms with E-state index >= 15 is 0 Å². The third kappa shape index (κ3) is 4.66. The Balaban J connectivity index is 1.84. The summed E-state index contributed by atoms with van der Waals surface area (Å²) in [6.45, 7) is 5.74. The molecule has 1 aromatic carbocycles. The zero-order valence-electron chi connectivity index (χ0n) is 15.6. The molecule has 0 unspecified atom stereocenters. The van der Waals surface area contributed by atoms with Gasteiger partial charge in [0, 0.05) is 19.0 Å². The highest BCUT2D eigenvalue weighted by Gasteiger charge is 2.23. The molecular formula is C17H22N4O6S. The van der Waals surface area contributed by atoms with Gasteiger partial charge in [-0.05, 0) is 18.2 Å². The van der Waals surface area contributed by atoms with Gasteiger partial charge >= 0.3 is 5.97 Å². The highest BCUT2D eigenvalue weighted by atomic mass is 32.2. The number of nitrogens with two attached hydrogens (primary N) is 1. The summed E-state index contributed by atoms with van der Waals surface area (Å²) in [5.74, 6) is 0.0349. The number of nitrogens with zero attached hydrogens (tertiary/aromatic N) is 3. The lowest BCUT2D eigenvalue weighted by Gasteiger charge is -2.30. The van der Waals surface area contributed by atoms with Crippen LogP contribution in [0, 0.1) is 0 Å². The van der Waals surface area contributed by atoms with E-state index in [0.717, 1.165) is 0 Å². The quantitative estimate of drug-likeness (QED) is 0.692. The molecular weight excluding hydrogens is 388 g/mol. The first-order valence-electron chi connectivity index (χ1n) is 8.75. The van der Waals surface area contributed by atoms with Crippen LogP contribution in [0.3, 0.4) is 0 Å². The zero-order valence-corrected chi connectivity index (χ0v) is 16.4. The molecule has 0 bridgehead atoms. The highest BCUT2D eigenvalue weighted by molar-refractivity contribution is 7.89. The predicted octanol–water partition coefficient (Wildman–Crippen LogP) is 1.03. The first-order valence-corrected chi connectivity index (χ1v) is 10.3. The summed E-state index contributed by atoms with van der Waals surface area (Å²) >= 11 is 0. The van der Waals surface area contributed by atoms with Crippen molar-refractivity contribution in [1.29, 1.82) is 0 Å². The lowest BCUT2D eigenvalue weighted by molar-refractivity contribution is 0.0429. The second kappa shape index (κ2) is 8.25. The van der Waals surface area contributed by atoms with Crippen molar-refractivity contribution in [3.63, 3.8) is 0 Å². The van der Waals surface area contributed by atoms with Crippen molar-refractivity contribution in [2.45, 2.75) is 31.3 Å². The van der Waals surface area contributed by atoms with Crippen LogP contribution in [-0.2, 0) is 26.1 Å². The lowest BCUT2D eigenvalue weighted by Crippen LogP contribution is -2.37. The van der Waals surface area contributed by atoms with Crippen LogP contribution < -0.4 is 10.0 Å². The molecule has 2 N–H and O–H groups in total. The number of morpholine rings is 1. The third-order valence-corrected chi connectivity index (χ3v) is 5.11. The van der Waals surface area contributed by atoms with E-state index in [9.17, 15) is 13.2 Å². The molecule has 11 heteroatoms. The number of rotatable bonds is 6. The van der Waals surface area contributed by atoms with Crippen molar-refractivity contribution < 1.29 is 27.2 Å². The second-order valence-electron chi connectivity index (χ2n) is 6.60. The zero-order chi connectivity index (χ0) is 20.3. The number of esters is 1. The second-order valence-corrected chi connectivity index (χ2v) is 8.16. The number of ether oxygens (including phenoxy) is 2. The number of hydrogen-bond donors (Lipinski definition) is 1. The Bertz CT molecular complexity index is 950. The molecule has 0 atom stereocenters. The van der Waals surface area contributed by atoms with Gasteiger partial charge in [0.25, 0.3) is 5.89 Å². The molecule has 1 fully saturated rings. The number of anilines is 1. The van der Waals surface area contributed by atoms with Gasteiger partial charge in [-0.3, -0.25) is 0 Å². The molecule has 1 aromatic heterocycles. The fraction of sp³-hybridized carbons (Fsp3) is 0.471. The third-order valence-electron chi connectivity index (χ3n) is 4.20. The molecule has 0 spiro atoms. The van der Waals surface area contributed by atoms with Gasteiger partial charge in [-0.2, -0.15) is 4.98 Å². The van der Waals surface area contributed by atoms with Gasteiger partial charge in [0.05, 0.1) is 29.4 Å². The van der Waals surface area contributed by atoms with Crippen molar-refractivity contribution in [2.24, 2.45) is 5.14 Å². The molecule has 0 amide bonds. The topological polar surface area (TPSA) is 138 Å². The molecule has 3 rings (SSSR count). The molecule has 1 aliphatic rings. The van der Waals surface area contributed by atoms with Crippen molar-refractivity contribution in [2.75, 3.05) is 31.2 Å². The van der Waals surface area contributed by atoms with Gasteiger partial charge in [-0.15, -0.1) is 0 Å². The Kier molecular flexibility index (Phi) is 5.96. The van der Waals surface area contributed by atoms with Crippen LogP contribution in [0.25, 0.3) is 0 Å². The van der Waals surface area contributed by atoms with E-state index in [2.05, 4.69) is 10.1 Å². The molecule has 10 nitrogen and oxygen atoms in total. The van der Waals surface area contributed by atoms with Gasteiger partial charge in [0.2, 0.25) is 10.0 Å². The smallest absolute Gasteiger partial charge is 0.340 e. The van der Waals surface area contributed by atoms with E-state index in [1.807, 2.05) is 18.7 Å². The molecule has 0 saturated carbocycles. The number of sulfonamides is 1. The maximum atomic E-state index is 12.7. The van der Waals surface area contributed by atoms with Gasteiger partial charge in [-0.25, -0.2) is 18.4 Å². The average Bonchev–Trinajstić information content (AvgIpc) is 3.15. The SMILES string of the molecule is CC(C)c1noc(COC(=O)c2cc(S(N)(=O)=O)ccc2N2CCOCC2)n1. The van der Waals surface area contributed by atoms with Crippen LogP contribution in [0.15, 0.2) is 27.6 Å². The van der Waals surface area contributed by atoms with E-state index in [1.54, 1.807) is 6.07 Å². The first-order chi connectivity index (χ1) is 13.3. The van der Waals surface area contributed by atoms with Crippen molar-refractivity contribution in [3.05, 3.63) is 35.5 Å². The molecule has 0 radical (unpaired) electrons. The van der Waals surface area contributed by atoms with E-state index in [0.29, 0.717) is 37.8 Å². The summed E-state index contributed by atoms with van der Waals surface area (Å²) in [6.07, 6.45) is 0. The molecule has 0 aliphatic carbocycles. The summed E-state index contributed by atoms with van der Waals surface area (Å²) < 4.78 is 39.1. The van der Waals surface area contributed by atoms with Crippen LogP contribution in [0.1, 0.15) is 41.8 Å². The van der Waals surface area contributed by atoms with Gasteiger partial charge in [0.1, 0.15) is 0 Å². The monoisotopic (exact) mass is 410 g/mol. The molecule has 1 aliphatic heterocycles. The number of carbonyl (C=O) groups is 1. The minimum absolute atomic E-state index is 0.0765. The Morgan fingerprint density at radius 1 is 1.32 bits per heavy atom. The minimum atomic E-state index is -3.97. The van der Waals surface area contributed by atoms with Crippen LogP contribution in [0.4, 0.5) is 5.69 Å². The largest absolute Gasteiger partial charge is 0.452 e. The van der Waals surface area contributed by atoms with E-state index in [4.69, 9.17) is 19.1 Å². The Morgan fingerprint density at radius 2 is 2.04 bits per heavy atom. The van der Waals surface area contributed by atoms with Gasteiger partial charge in [0.15, 0.2) is 12.4 Å². The average molecular weight is 410 g/mol. The Hall–Kier alpha value is -2.50. The fourth-order valence-electron chi connectivity index (χ4n) is 2.70. The standard InChI is InChI=1S/C17H22N4O6S/c1-11(2)16-19-15(27-20-16)10-26-17(22)13-9-12(28(18,23)24)3-4-14(13)21-5-7-25-8-6-21/h3-4,9,11H,5-8,10H2,1-2H3,(H2,18,23,24). The maximum absolute atomic E-state index is 12.7. The van der Waals surface area contributed by atoms with Crippen LogP contribution in [0.5, 0.6) is 0 Å². The normalized spacial score (nSPS) is 15.1. The van der Waals surface area contributed by atoms with Crippen LogP contribution in [0.2, 0.25) is 0 Å². The first kappa shape index (κ1) is 20.2. The van der Waals surface area contributed by atoms with E-state index in [-0.39, 0.29) is 28.9 Å². The summed E-state index contributed by atoms with van der Waals surface area (Å²) in [7, 11) is -3.97. The van der Waals surface area contributed by atoms with Crippen molar-refractivity contribution in [1.82, 2.24) is 10.1 Å². The number of primary sulfonamides is 1. The number of hydrogen-bond acceptors (Lipinski definition) is 9. The maximum Gasteiger partial charge on any atom is 0.340 e. The minimum Gasteiger partial charge on any atom is -0.452 e. The summed E-state index contributed by atoms with van der Waals surface area (Å²) in [6, 6.07) is 4.13. The Morgan fingerprint density at radius 3 is 2.64 bits per heavy atom. The van der Waals surface area contributed by atoms with Crippen LogP contribution in [-0.4, -0.2) is 50.8 Å². The van der Waals surface area contributed by atoms with E-state index in [1.165, 1.54) is 12.1 Å². The van der Waals surface area contributed by atoms with Crippen molar-refractivity contribution >= 4 is 21.7 Å². The number of aromatic nitrogens is 2. The van der Waals surface area contributed by atoms with Crippen molar-refractivity contribution in [3.8, 4) is 0 Å². The molecule has 152 valence electrons. The molecule has 28 heavy (non-hydrogen) atoms. The van der Waals surface area contributed by atoms with Crippen LogP contribution >= 0.6 is 0 Å². The summed E-state index contributed by atoms with van der Waals surface area (Å²) in [4.78, 5) is 18.6. The Labute approximate surface area is 162 Å². The molecule has 2 heterocycles. The summed E-state index contributed by atoms with van der Waals surface area (Å²) in [5, 5.41) is 9.01. The molecule has 2 aromatic rings. The van der Waals surface area contributed by atoms with E-state index < -0.39 is 16.0 Å². The van der Waals surface area contributed by atoms with Gasteiger partial charge < -0.3 is 18.9 Å². The van der Waals surface area contributed by atoms with Gasteiger partial charge in [-0.1, -0.05) is 19.0 Å². The molecule has 1 saturated heterocycles. The highest BCUT2D eigenvalue weighted by Crippen LogP contribution is 2.26. The summed E-state index contributed by atoms with van der Waals surface area (Å²) in [5.41, 5.74) is 0.645. The number of carbonyl (C=O) groups excluding carboxylic acids is 1. The lowest BCUT2D eigenvalue weighted by atomic mass is 10.1. The fourth-order valence-corrected chi connectivity index (χ4v) is 3.24.